The van der Waals surface area contributed by atoms with E-state index in [9.17, 15) is 29.4 Å². The Bertz CT molecular complexity index is 1100. The number of carbonyl (C=O) groups excluding carboxylic acids is 4. The molecule has 0 aromatic heterocycles. The summed E-state index contributed by atoms with van der Waals surface area (Å²) in [5.74, 6) is -2.56. The van der Waals surface area contributed by atoms with E-state index in [1.165, 1.54) is 57.5 Å². The van der Waals surface area contributed by atoms with Gasteiger partial charge in [0.2, 0.25) is 0 Å². The summed E-state index contributed by atoms with van der Waals surface area (Å²) in [5, 5.41) is 23.9. The maximum Gasteiger partial charge on any atom is 0.412 e. The quantitative estimate of drug-likeness (QED) is 0.180. The van der Waals surface area contributed by atoms with Gasteiger partial charge < -0.3 is 40.8 Å². The molecular weight excluding hydrogens is 462 g/mol. The summed E-state index contributed by atoms with van der Waals surface area (Å²) < 4.78 is 15.0. The first-order valence-electron chi connectivity index (χ1n) is 10.5. The molecule has 0 unspecified atom stereocenters. The molecule has 12 heteroatoms. The molecule has 2 aromatic carbocycles. The minimum atomic E-state index is -1.10. The number of esters is 2. The summed E-state index contributed by atoms with van der Waals surface area (Å²) in [6.45, 7) is 1.19. The second-order valence-electron chi connectivity index (χ2n) is 7.53. The minimum Gasteiger partial charge on any atom is -0.504 e. The number of phenolic OH excluding ortho intramolecular Hbond substituents is 2. The molecule has 188 valence electrons. The van der Waals surface area contributed by atoms with E-state index >= 15 is 0 Å². The summed E-state index contributed by atoms with van der Waals surface area (Å²) in [7, 11) is 2.53. The topological polar surface area (TPSA) is 188 Å². The average molecular weight is 490 g/mol. The second kappa shape index (κ2) is 12.2. The lowest BCUT2D eigenvalue weighted by Gasteiger charge is -2.19. The molecule has 2 aromatic rings. The van der Waals surface area contributed by atoms with Crippen LogP contribution in [0.15, 0.2) is 36.4 Å². The number of phenols is 2. The predicted octanol–water partition coefficient (Wildman–Crippen LogP) is -0.205. The van der Waals surface area contributed by atoms with Crippen molar-refractivity contribution >= 4 is 23.9 Å². The van der Waals surface area contributed by atoms with Gasteiger partial charge in [0.15, 0.2) is 29.0 Å². The molecule has 0 radical (unpaired) electrons. The Balaban J connectivity index is 2.19. The number of hydrogen-bond donors (Lipinski definition) is 5. The normalized spacial score (nSPS) is 12.1. The largest absolute Gasteiger partial charge is 0.504 e. The Kier molecular flexibility index (Phi) is 9.41. The van der Waals surface area contributed by atoms with Gasteiger partial charge in [-0.15, -0.1) is 0 Å². The zero-order valence-electron chi connectivity index (χ0n) is 19.5. The van der Waals surface area contributed by atoms with Crippen molar-refractivity contribution in [3.05, 3.63) is 47.5 Å². The molecule has 0 saturated carbocycles. The smallest absolute Gasteiger partial charge is 0.412 e. The van der Waals surface area contributed by atoms with Crippen LogP contribution in [0.3, 0.4) is 0 Å². The number of carbonyl (C=O) groups is 4. The van der Waals surface area contributed by atoms with Gasteiger partial charge in [0.05, 0.1) is 7.11 Å². The number of methoxy groups -OCH3 is 1. The van der Waals surface area contributed by atoms with Crippen LogP contribution in [0.25, 0.3) is 0 Å². The molecule has 35 heavy (non-hydrogen) atoms. The number of benzene rings is 2. The maximum atomic E-state index is 12.7. The molecule has 2 atom stereocenters. The third-order valence-corrected chi connectivity index (χ3v) is 4.80. The van der Waals surface area contributed by atoms with Crippen molar-refractivity contribution in [3.63, 3.8) is 0 Å². The maximum absolute atomic E-state index is 12.7. The molecule has 0 fully saturated rings. The fourth-order valence-electron chi connectivity index (χ4n) is 3.08. The molecule has 0 aliphatic rings. The van der Waals surface area contributed by atoms with E-state index in [0.29, 0.717) is 11.1 Å². The van der Waals surface area contributed by atoms with Gasteiger partial charge in [-0.1, -0.05) is 12.1 Å². The zero-order valence-corrected chi connectivity index (χ0v) is 19.5. The highest BCUT2D eigenvalue weighted by Crippen LogP contribution is 2.29. The molecule has 12 nitrogen and oxygen atoms in total. The number of nitrogens with one attached hydrogen (secondary N) is 2. The first kappa shape index (κ1) is 26.9. The van der Waals surface area contributed by atoms with Crippen LogP contribution in [0, 0.1) is 0 Å². The lowest BCUT2D eigenvalue weighted by Crippen LogP contribution is -2.69. The summed E-state index contributed by atoms with van der Waals surface area (Å²) in [4.78, 5) is 48.1. The zero-order chi connectivity index (χ0) is 26.1. The molecule has 2 amide bonds. The van der Waals surface area contributed by atoms with E-state index in [0.717, 1.165) is 0 Å². The van der Waals surface area contributed by atoms with E-state index in [4.69, 9.17) is 14.2 Å². The number of aromatic hydroxyl groups is 2. The number of quaternary nitrogens is 1. The van der Waals surface area contributed by atoms with E-state index in [1.807, 2.05) is 0 Å². The molecule has 0 saturated heterocycles. The van der Waals surface area contributed by atoms with Gasteiger partial charge in [-0.2, -0.15) is 0 Å². The minimum absolute atomic E-state index is 0.00141. The van der Waals surface area contributed by atoms with Crippen molar-refractivity contribution in [1.82, 2.24) is 10.6 Å². The highest BCUT2D eigenvalue weighted by molar-refractivity contribution is 5.87. The Morgan fingerprint density at radius 3 is 2.20 bits per heavy atom. The van der Waals surface area contributed by atoms with Gasteiger partial charge in [-0.3, -0.25) is 9.59 Å². The highest BCUT2D eigenvalue weighted by atomic mass is 16.6. The average Bonchev–Trinajstić information content (AvgIpc) is 2.81. The van der Waals surface area contributed by atoms with E-state index in [-0.39, 0.29) is 35.8 Å². The standard InChI is InChI=1S/C23H27N3O9/c1-12(27)34-19-7-5-14(11-20(19)35-23(32)25-2)9-16(22(31)33-3)26-21(30)15(24)8-13-4-6-17(28)18(29)10-13/h4-7,10-11,15-16,28-29H,8-9,24H2,1-3H3,(H,25,32)(H,26,30)/p+1/t15-,16-/m0/s1. The van der Waals surface area contributed by atoms with Crippen molar-refractivity contribution in [3.8, 4) is 23.0 Å². The van der Waals surface area contributed by atoms with Gasteiger partial charge in [-0.05, 0) is 35.4 Å². The van der Waals surface area contributed by atoms with Crippen LogP contribution in [-0.2, 0) is 32.0 Å². The van der Waals surface area contributed by atoms with Crippen molar-refractivity contribution < 1.29 is 49.3 Å². The molecule has 0 spiro atoms. The third-order valence-electron chi connectivity index (χ3n) is 4.80. The fraction of sp³-hybridized carbons (Fsp3) is 0.304. The van der Waals surface area contributed by atoms with Crippen molar-refractivity contribution in [2.75, 3.05) is 14.2 Å². The molecular formula is C23H28N3O9+. The molecule has 0 heterocycles. The van der Waals surface area contributed by atoms with Crippen LogP contribution in [0.5, 0.6) is 23.0 Å². The second-order valence-corrected chi connectivity index (χ2v) is 7.53. The Labute approximate surface area is 201 Å². The summed E-state index contributed by atoms with van der Waals surface area (Å²) in [5.41, 5.74) is 4.83. The third kappa shape index (κ3) is 7.89. The lowest BCUT2D eigenvalue weighted by molar-refractivity contribution is -0.403. The van der Waals surface area contributed by atoms with Crippen LogP contribution in [-0.4, -0.2) is 60.4 Å². The monoisotopic (exact) mass is 490 g/mol. The summed E-state index contributed by atoms with van der Waals surface area (Å²) in [6.07, 6.45) is -0.696. The predicted molar refractivity (Wildman–Crippen MR) is 121 cm³/mol. The molecule has 2 rings (SSSR count). The van der Waals surface area contributed by atoms with Gasteiger partial charge >= 0.3 is 18.0 Å². The molecule has 7 N–H and O–H groups in total. The van der Waals surface area contributed by atoms with Crippen molar-refractivity contribution in [2.45, 2.75) is 31.8 Å². The van der Waals surface area contributed by atoms with Gasteiger partial charge in [0.25, 0.3) is 5.91 Å². The van der Waals surface area contributed by atoms with Crippen molar-refractivity contribution in [1.29, 1.82) is 0 Å². The SMILES string of the molecule is CNC(=O)Oc1cc(C[C@H](NC(=O)[C@@H]([NH3+])Cc2ccc(O)c(O)c2)C(=O)OC)ccc1OC(C)=O. The van der Waals surface area contributed by atoms with Crippen LogP contribution in [0.2, 0.25) is 0 Å². The number of hydrogen-bond acceptors (Lipinski definition) is 9. The highest BCUT2D eigenvalue weighted by Gasteiger charge is 2.27. The number of amides is 2. The van der Waals surface area contributed by atoms with E-state index < -0.39 is 36.0 Å². The van der Waals surface area contributed by atoms with Gasteiger partial charge in [0.1, 0.15) is 6.04 Å². The summed E-state index contributed by atoms with van der Waals surface area (Å²) in [6, 6.07) is 6.56. The van der Waals surface area contributed by atoms with E-state index in [1.54, 1.807) is 0 Å². The fourth-order valence-corrected chi connectivity index (χ4v) is 3.08. The Morgan fingerprint density at radius 1 is 0.943 bits per heavy atom. The number of rotatable bonds is 9. The first-order chi connectivity index (χ1) is 16.5. The molecule has 0 aliphatic carbocycles. The van der Waals surface area contributed by atoms with Crippen LogP contribution in [0.1, 0.15) is 18.1 Å². The molecule has 0 aliphatic heterocycles. The van der Waals surface area contributed by atoms with Crippen molar-refractivity contribution in [2.24, 2.45) is 0 Å². The summed E-state index contributed by atoms with van der Waals surface area (Å²) >= 11 is 0. The van der Waals surface area contributed by atoms with Gasteiger partial charge in [-0.25, -0.2) is 9.59 Å². The number of ether oxygens (including phenoxy) is 3. The molecule has 0 bridgehead atoms. The Hall–Kier alpha value is -4.32. The lowest BCUT2D eigenvalue weighted by atomic mass is 10.0. The Morgan fingerprint density at radius 2 is 1.60 bits per heavy atom. The van der Waals surface area contributed by atoms with Crippen LogP contribution < -0.4 is 25.8 Å². The van der Waals surface area contributed by atoms with Crippen LogP contribution in [0.4, 0.5) is 4.79 Å². The van der Waals surface area contributed by atoms with E-state index in [2.05, 4.69) is 16.4 Å². The first-order valence-corrected chi connectivity index (χ1v) is 10.5. The van der Waals surface area contributed by atoms with Gasteiger partial charge in [0, 0.05) is 26.8 Å². The van der Waals surface area contributed by atoms with Crippen LogP contribution >= 0.6 is 0 Å².